The fourth-order valence-corrected chi connectivity index (χ4v) is 3.59. The van der Waals surface area contributed by atoms with Crippen molar-refractivity contribution in [3.05, 3.63) is 73.1 Å². The van der Waals surface area contributed by atoms with Gasteiger partial charge in [-0.25, -0.2) is 0 Å². The van der Waals surface area contributed by atoms with Gasteiger partial charge in [0.25, 0.3) is 0 Å². The van der Waals surface area contributed by atoms with E-state index in [1.807, 2.05) is 66.7 Å². The Morgan fingerprint density at radius 3 is 2.60 bits per heavy atom. The Hall–Kier alpha value is -4.07. The molecule has 30 heavy (non-hydrogen) atoms. The van der Waals surface area contributed by atoms with Crippen LogP contribution in [0.3, 0.4) is 0 Å². The molecular formula is C22H18N6O2. The molecule has 2 aromatic carbocycles. The summed E-state index contributed by atoms with van der Waals surface area (Å²) in [5, 5.41) is 15.2. The molecule has 1 unspecified atom stereocenters. The first-order chi connectivity index (χ1) is 14.7. The van der Waals surface area contributed by atoms with E-state index in [1.54, 1.807) is 15.7 Å². The predicted octanol–water partition coefficient (Wildman–Crippen LogP) is 2.78. The van der Waals surface area contributed by atoms with Crippen LogP contribution in [0.2, 0.25) is 0 Å². The summed E-state index contributed by atoms with van der Waals surface area (Å²) >= 11 is 0. The van der Waals surface area contributed by atoms with Gasteiger partial charge in [0.2, 0.25) is 11.8 Å². The molecule has 4 aromatic rings. The molecule has 8 nitrogen and oxygen atoms in total. The fourth-order valence-electron chi connectivity index (χ4n) is 3.59. The largest absolute Gasteiger partial charge is 0.326 e. The Balaban J connectivity index is 1.27. The van der Waals surface area contributed by atoms with Crippen molar-refractivity contribution in [1.29, 1.82) is 0 Å². The number of nitrogens with one attached hydrogen (secondary N) is 1. The van der Waals surface area contributed by atoms with E-state index in [0.29, 0.717) is 17.9 Å². The lowest BCUT2D eigenvalue weighted by molar-refractivity contribution is -0.122. The normalized spacial score (nSPS) is 16.2. The number of para-hydroxylation sites is 1. The first-order valence-corrected chi connectivity index (χ1v) is 9.61. The van der Waals surface area contributed by atoms with Gasteiger partial charge in [0.15, 0.2) is 5.65 Å². The van der Waals surface area contributed by atoms with E-state index in [4.69, 9.17) is 0 Å². The topological polar surface area (TPSA) is 92.5 Å². The second kappa shape index (κ2) is 7.40. The minimum absolute atomic E-state index is 0.0350. The second-order valence-electron chi connectivity index (χ2n) is 7.16. The molecule has 1 fully saturated rings. The van der Waals surface area contributed by atoms with Crippen molar-refractivity contribution in [2.24, 2.45) is 5.92 Å². The minimum atomic E-state index is -0.379. The van der Waals surface area contributed by atoms with Crippen molar-refractivity contribution in [3.63, 3.8) is 0 Å². The molecular weight excluding hydrogens is 380 g/mol. The zero-order chi connectivity index (χ0) is 20.5. The van der Waals surface area contributed by atoms with Crippen LogP contribution < -0.4 is 10.2 Å². The van der Waals surface area contributed by atoms with Crippen LogP contribution in [0.15, 0.2) is 73.1 Å². The number of nitrogens with zero attached hydrogens (tertiary/aromatic N) is 5. The van der Waals surface area contributed by atoms with Crippen LogP contribution in [0.4, 0.5) is 11.4 Å². The molecule has 3 heterocycles. The number of anilines is 2. The summed E-state index contributed by atoms with van der Waals surface area (Å²) in [5.41, 5.74) is 3.87. The van der Waals surface area contributed by atoms with Crippen molar-refractivity contribution < 1.29 is 9.59 Å². The molecule has 2 amide bonds. The maximum absolute atomic E-state index is 12.7. The zero-order valence-electron chi connectivity index (χ0n) is 16.0. The molecule has 1 atom stereocenters. The van der Waals surface area contributed by atoms with E-state index in [-0.39, 0.29) is 24.2 Å². The Labute approximate surface area is 172 Å². The molecule has 148 valence electrons. The van der Waals surface area contributed by atoms with E-state index in [9.17, 15) is 9.59 Å². The van der Waals surface area contributed by atoms with Crippen molar-refractivity contribution in [3.8, 4) is 11.3 Å². The third-order valence-corrected chi connectivity index (χ3v) is 5.17. The fraction of sp³-hybridized carbons (Fsp3) is 0.136. The summed E-state index contributed by atoms with van der Waals surface area (Å²) in [6.07, 6.45) is 1.76. The van der Waals surface area contributed by atoms with Gasteiger partial charge < -0.3 is 10.2 Å². The third kappa shape index (κ3) is 3.39. The SMILES string of the molecule is O=C(Nc1ccc(-c2ccc3nncn3n2)cc1)C1CC(=O)N(c2ccccc2)C1. The number of carbonyl (C=O) groups excluding carboxylic acids is 2. The number of fused-ring (bicyclic) bond motifs is 1. The summed E-state index contributed by atoms with van der Waals surface area (Å²) in [6, 6.07) is 20.6. The van der Waals surface area contributed by atoms with Gasteiger partial charge in [0.1, 0.15) is 6.33 Å². The Bertz CT molecular complexity index is 1220. The number of rotatable bonds is 4. The lowest BCUT2D eigenvalue weighted by atomic mass is 10.1. The highest BCUT2D eigenvalue weighted by Crippen LogP contribution is 2.26. The van der Waals surface area contributed by atoms with E-state index in [0.717, 1.165) is 16.9 Å². The summed E-state index contributed by atoms with van der Waals surface area (Å²) in [4.78, 5) is 26.7. The summed E-state index contributed by atoms with van der Waals surface area (Å²) < 4.78 is 1.61. The molecule has 0 saturated carbocycles. The van der Waals surface area contributed by atoms with Crippen LogP contribution in [0.25, 0.3) is 16.9 Å². The van der Waals surface area contributed by atoms with Crippen LogP contribution in [0.5, 0.6) is 0 Å². The van der Waals surface area contributed by atoms with E-state index < -0.39 is 0 Å². The average molecular weight is 398 g/mol. The maximum atomic E-state index is 12.7. The summed E-state index contributed by atoms with van der Waals surface area (Å²) in [6.45, 7) is 0.385. The van der Waals surface area contributed by atoms with E-state index in [1.165, 1.54) is 0 Å². The average Bonchev–Trinajstić information content (AvgIpc) is 3.41. The van der Waals surface area contributed by atoms with Crippen molar-refractivity contribution in [2.75, 3.05) is 16.8 Å². The number of benzene rings is 2. The molecule has 1 aliphatic rings. The standard InChI is InChI=1S/C22H18N6O2/c29-21-12-16(13-27(21)18-4-2-1-3-5-18)22(30)24-17-8-6-15(7-9-17)19-10-11-20-25-23-14-28(20)26-19/h1-11,14,16H,12-13H2,(H,24,30). The lowest BCUT2D eigenvalue weighted by Gasteiger charge is -2.16. The Kier molecular flexibility index (Phi) is 4.44. The van der Waals surface area contributed by atoms with Gasteiger partial charge >= 0.3 is 0 Å². The summed E-state index contributed by atoms with van der Waals surface area (Å²) in [7, 11) is 0. The Morgan fingerprint density at radius 2 is 1.80 bits per heavy atom. The van der Waals surface area contributed by atoms with Crippen LogP contribution in [-0.4, -0.2) is 38.2 Å². The van der Waals surface area contributed by atoms with Gasteiger partial charge in [-0.3, -0.25) is 9.59 Å². The first-order valence-electron chi connectivity index (χ1n) is 9.61. The van der Waals surface area contributed by atoms with Gasteiger partial charge in [-0.2, -0.15) is 9.61 Å². The second-order valence-corrected chi connectivity index (χ2v) is 7.16. The van der Waals surface area contributed by atoms with Crippen LogP contribution in [0.1, 0.15) is 6.42 Å². The van der Waals surface area contributed by atoms with Crippen LogP contribution >= 0.6 is 0 Å². The monoisotopic (exact) mass is 398 g/mol. The predicted molar refractivity (Wildman–Crippen MR) is 112 cm³/mol. The highest BCUT2D eigenvalue weighted by atomic mass is 16.2. The number of amides is 2. The molecule has 5 rings (SSSR count). The quantitative estimate of drug-likeness (QED) is 0.571. The van der Waals surface area contributed by atoms with Crippen LogP contribution in [0, 0.1) is 5.92 Å². The van der Waals surface area contributed by atoms with Crippen LogP contribution in [-0.2, 0) is 9.59 Å². The van der Waals surface area contributed by atoms with Gasteiger partial charge in [0, 0.05) is 29.9 Å². The maximum Gasteiger partial charge on any atom is 0.229 e. The van der Waals surface area contributed by atoms with Gasteiger partial charge in [-0.15, -0.1) is 10.2 Å². The zero-order valence-corrected chi connectivity index (χ0v) is 16.0. The number of hydrogen-bond donors (Lipinski definition) is 1. The highest BCUT2D eigenvalue weighted by Gasteiger charge is 2.35. The van der Waals surface area contributed by atoms with Gasteiger partial charge in [-0.05, 0) is 36.4 Å². The molecule has 1 saturated heterocycles. The van der Waals surface area contributed by atoms with Crippen molar-refractivity contribution >= 4 is 28.8 Å². The number of carbonyl (C=O) groups is 2. The molecule has 0 aliphatic carbocycles. The molecule has 1 aliphatic heterocycles. The molecule has 0 spiro atoms. The lowest BCUT2D eigenvalue weighted by Crippen LogP contribution is -2.28. The molecule has 1 N–H and O–H groups in total. The van der Waals surface area contributed by atoms with E-state index in [2.05, 4.69) is 20.6 Å². The number of hydrogen-bond acceptors (Lipinski definition) is 5. The first kappa shape index (κ1) is 18.0. The van der Waals surface area contributed by atoms with Gasteiger partial charge in [0.05, 0.1) is 11.6 Å². The molecule has 8 heteroatoms. The highest BCUT2D eigenvalue weighted by molar-refractivity contribution is 6.03. The van der Waals surface area contributed by atoms with Crippen molar-refractivity contribution in [2.45, 2.75) is 6.42 Å². The molecule has 0 radical (unpaired) electrons. The number of aromatic nitrogens is 4. The van der Waals surface area contributed by atoms with Gasteiger partial charge in [-0.1, -0.05) is 30.3 Å². The Morgan fingerprint density at radius 1 is 1.00 bits per heavy atom. The smallest absolute Gasteiger partial charge is 0.229 e. The van der Waals surface area contributed by atoms with Crippen molar-refractivity contribution in [1.82, 2.24) is 19.8 Å². The minimum Gasteiger partial charge on any atom is -0.326 e. The molecule has 0 bridgehead atoms. The van der Waals surface area contributed by atoms with E-state index >= 15 is 0 Å². The summed E-state index contributed by atoms with van der Waals surface area (Å²) in [5.74, 6) is -0.569. The molecule has 2 aromatic heterocycles. The third-order valence-electron chi connectivity index (χ3n) is 5.17.